The van der Waals surface area contributed by atoms with Crippen molar-refractivity contribution in [1.82, 2.24) is 4.90 Å². The van der Waals surface area contributed by atoms with Crippen LogP contribution in [0.1, 0.15) is 24.5 Å². The van der Waals surface area contributed by atoms with Gasteiger partial charge in [-0.2, -0.15) is 5.26 Å². The van der Waals surface area contributed by atoms with Gasteiger partial charge in [0, 0.05) is 6.54 Å². The number of hydrogen-bond acceptors (Lipinski definition) is 3. The van der Waals surface area contributed by atoms with Crippen molar-refractivity contribution in [2.24, 2.45) is 5.92 Å². The van der Waals surface area contributed by atoms with E-state index in [1.54, 1.807) is 0 Å². The lowest BCUT2D eigenvalue weighted by Gasteiger charge is -2.22. The minimum absolute atomic E-state index is 0.338. The Kier molecular flexibility index (Phi) is 4.13. The Bertz CT molecular complexity index is 379. The van der Waals surface area contributed by atoms with Gasteiger partial charge in [-0.1, -0.05) is 30.3 Å². The second-order valence-electron chi connectivity index (χ2n) is 4.60. The summed E-state index contributed by atoms with van der Waals surface area (Å²) in [5.41, 5.74) is 0.832. The molecule has 3 nitrogen and oxygen atoms in total. The Morgan fingerprint density at radius 1 is 1.24 bits per heavy atom. The number of aliphatic hydroxyl groups is 1. The van der Waals surface area contributed by atoms with Crippen LogP contribution in [0.15, 0.2) is 30.3 Å². The maximum atomic E-state index is 10.2. The second-order valence-corrected chi connectivity index (χ2v) is 4.60. The summed E-state index contributed by atoms with van der Waals surface area (Å²) in [7, 11) is 0. The van der Waals surface area contributed by atoms with Gasteiger partial charge in [0.15, 0.2) is 0 Å². The van der Waals surface area contributed by atoms with Crippen molar-refractivity contribution >= 4 is 0 Å². The van der Waals surface area contributed by atoms with Gasteiger partial charge in [0.05, 0.1) is 18.1 Å². The minimum atomic E-state index is -0.679. The van der Waals surface area contributed by atoms with Crippen LogP contribution in [0.5, 0.6) is 0 Å². The molecular formula is C14H18N2O. The van der Waals surface area contributed by atoms with Crippen LogP contribution in [0, 0.1) is 17.2 Å². The molecule has 1 aromatic rings. The van der Waals surface area contributed by atoms with Gasteiger partial charge in [-0.25, -0.2) is 0 Å². The van der Waals surface area contributed by atoms with Crippen LogP contribution >= 0.6 is 0 Å². The Morgan fingerprint density at radius 3 is 2.47 bits per heavy atom. The van der Waals surface area contributed by atoms with Crippen LogP contribution in [0.4, 0.5) is 0 Å². The molecule has 0 aromatic heterocycles. The van der Waals surface area contributed by atoms with E-state index in [4.69, 9.17) is 0 Å². The number of nitrogens with zero attached hydrogens (tertiary/aromatic N) is 2. The third kappa shape index (κ3) is 3.06. The first-order valence-corrected chi connectivity index (χ1v) is 6.16. The monoisotopic (exact) mass is 230 g/mol. The lowest BCUT2D eigenvalue weighted by atomic mass is 9.96. The van der Waals surface area contributed by atoms with Gasteiger partial charge >= 0.3 is 0 Å². The number of aliphatic hydroxyl groups excluding tert-OH is 1. The summed E-state index contributed by atoms with van der Waals surface area (Å²) in [6, 6.07) is 11.7. The predicted octanol–water partition coefficient (Wildman–Crippen LogP) is 1.96. The quantitative estimate of drug-likeness (QED) is 0.860. The first kappa shape index (κ1) is 12.1. The standard InChI is InChI=1S/C14H18N2O/c15-10-13(11-16-8-4-5-9-16)14(17)12-6-2-1-3-7-12/h1-3,6-7,13-14,17H,4-5,8-9,11H2/t13-,14+/m1/s1. The highest BCUT2D eigenvalue weighted by molar-refractivity contribution is 5.19. The number of rotatable bonds is 4. The molecule has 90 valence electrons. The van der Waals surface area contributed by atoms with E-state index in [1.165, 1.54) is 12.8 Å². The fraction of sp³-hybridized carbons (Fsp3) is 0.500. The molecule has 0 unspecified atom stereocenters. The van der Waals surface area contributed by atoms with Crippen LogP contribution in [-0.4, -0.2) is 29.6 Å². The molecule has 1 heterocycles. The number of benzene rings is 1. The van der Waals surface area contributed by atoms with Crippen LogP contribution in [0.2, 0.25) is 0 Å². The summed E-state index contributed by atoms with van der Waals surface area (Å²) in [5.74, 6) is -0.338. The van der Waals surface area contributed by atoms with Gasteiger partial charge in [-0.05, 0) is 31.5 Å². The predicted molar refractivity (Wildman–Crippen MR) is 66.2 cm³/mol. The highest BCUT2D eigenvalue weighted by Gasteiger charge is 2.24. The van der Waals surface area contributed by atoms with Gasteiger partial charge in [0.1, 0.15) is 0 Å². The van der Waals surface area contributed by atoms with Crippen molar-refractivity contribution in [3.8, 4) is 6.07 Å². The zero-order chi connectivity index (χ0) is 12.1. The number of hydrogen-bond donors (Lipinski definition) is 1. The summed E-state index contributed by atoms with van der Waals surface area (Å²) < 4.78 is 0. The van der Waals surface area contributed by atoms with Gasteiger partial charge in [0.2, 0.25) is 0 Å². The summed E-state index contributed by atoms with van der Waals surface area (Å²) in [6.45, 7) is 2.78. The maximum Gasteiger partial charge on any atom is 0.0960 e. The zero-order valence-corrected chi connectivity index (χ0v) is 9.92. The van der Waals surface area contributed by atoms with Crippen molar-refractivity contribution in [2.45, 2.75) is 18.9 Å². The molecule has 0 radical (unpaired) electrons. The lowest BCUT2D eigenvalue weighted by Crippen LogP contribution is -2.29. The Morgan fingerprint density at radius 2 is 1.88 bits per heavy atom. The molecule has 0 amide bonds. The second kappa shape index (κ2) is 5.81. The summed E-state index contributed by atoms with van der Waals surface area (Å²) in [5, 5.41) is 19.4. The van der Waals surface area contributed by atoms with Crippen molar-refractivity contribution in [3.63, 3.8) is 0 Å². The van der Waals surface area contributed by atoms with Crippen LogP contribution < -0.4 is 0 Å². The molecular weight excluding hydrogens is 212 g/mol. The van der Waals surface area contributed by atoms with Crippen LogP contribution in [0.25, 0.3) is 0 Å². The van der Waals surface area contributed by atoms with Crippen LogP contribution in [-0.2, 0) is 0 Å². The van der Waals surface area contributed by atoms with Gasteiger partial charge in [-0.3, -0.25) is 0 Å². The molecule has 0 spiro atoms. The number of likely N-dealkylation sites (tertiary alicyclic amines) is 1. The van der Waals surface area contributed by atoms with E-state index in [0.29, 0.717) is 6.54 Å². The van der Waals surface area contributed by atoms with Gasteiger partial charge in [-0.15, -0.1) is 0 Å². The molecule has 2 atom stereocenters. The molecule has 1 aliphatic rings. The molecule has 1 saturated heterocycles. The van der Waals surface area contributed by atoms with Crippen molar-refractivity contribution in [1.29, 1.82) is 5.26 Å². The van der Waals surface area contributed by atoms with E-state index < -0.39 is 6.10 Å². The molecule has 1 fully saturated rings. The third-order valence-corrected chi connectivity index (χ3v) is 3.34. The van der Waals surface area contributed by atoms with Gasteiger partial charge in [0.25, 0.3) is 0 Å². The summed E-state index contributed by atoms with van der Waals surface area (Å²) in [4.78, 5) is 2.26. The smallest absolute Gasteiger partial charge is 0.0960 e. The van der Waals surface area contributed by atoms with Crippen molar-refractivity contribution < 1.29 is 5.11 Å². The fourth-order valence-electron chi connectivity index (χ4n) is 2.34. The SMILES string of the molecule is N#C[C@H](CN1CCCC1)[C@@H](O)c1ccccc1. The molecule has 0 aliphatic carbocycles. The Balaban J connectivity index is 2.00. The average Bonchev–Trinajstić information content (AvgIpc) is 2.89. The van der Waals surface area contributed by atoms with E-state index in [0.717, 1.165) is 18.7 Å². The van der Waals surface area contributed by atoms with E-state index in [2.05, 4.69) is 11.0 Å². The normalized spacial score (nSPS) is 19.8. The molecule has 3 heteroatoms. The summed E-state index contributed by atoms with van der Waals surface area (Å²) in [6.07, 6.45) is 1.74. The highest BCUT2D eigenvalue weighted by Crippen LogP contribution is 2.23. The first-order valence-electron chi connectivity index (χ1n) is 6.16. The summed E-state index contributed by atoms with van der Waals surface area (Å²) >= 11 is 0. The molecule has 17 heavy (non-hydrogen) atoms. The number of nitriles is 1. The zero-order valence-electron chi connectivity index (χ0n) is 9.92. The largest absolute Gasteiger partial charge is 0.387 e. The van der Waals surface area contributed by atoms with Crippen molar-refractivity contribution in [2.75, 3.05) is 19.6 Å². The molecule has 1 aromatic carbocycles. The van der Waals surface area contributed by atoms with Crippen molar-refractivity contribution in [3.05, 3.63) is 35.9 Å². The average molecular weight is 230 g/mol. The van der Waals surface area contributed by atoms with E-state index in [1.807, 2.05) is 30.3 Å². The third-order valence-electron chi connectivity index (χ3n) is 3.34. The fourth-order valence-corrected chi connectivity index (χ4v) is 2.34. The Labute approximate surface area is 102 Å². The highest BCUT2D eigenvalue weighted by atomic mass is 16.3. The van der Waals surface area contributed by atoms with Gasteiger partial charge < -0.3 is 10.0 Å². The van der Waals surface area contributed by atoms with Crippen LogP contribution in [0.3, 0.4) is 0 Å². The molecule has 1 N–H and O–H groups in total. The minimum Gasteiger partial charge on any atom is -0.387 e. The topological polar surface area (TPSA) is 47.3 Å². The Hall–Kier alpha value is -1.37. The maximum absolute atomic E-state index is 10.2. The first-order chi connectivity index (χ1) is 8.31. The molecule has 1 aliphatic heterocycles. The molecule has 2 rings (SSSR count). The van der Waals surface area contributed by atoms with E-state index >= 15 is 0 Å². The molecule has 0 saturated carbocycles. The van der Waals surface area contributed by atoms with E-state index in [-0.39, 0.29) is 5.92 Å². The van der Waals surface area contributed by atoms with E-state index in [9.17, 15) is 10.4 Å². The lowest BCUT2D eigenvalue weighted by molar-refractivity contribution is 0.112. The molecule has 0 bridgehead atoms.